The number of nitrogens with one attached hydrogen (secondary N) is 1. The van der Waals surface area contributed by atoms with E-state index in [9.17, 15) is 9.59 Å². The fraction of sp³-hybridized carbons (Fsp3) is 0.467. The molecule has 20 heavy (non-hydrogen) atoms. The van der Waals surface area contributed by atoms with E-state index >= 15 is 0 Å². The normalized spacial score (nSPS) is 11.2. The first-order chi connectivity index (χ1) is 9.31. The molecule has 0 spiro atoms. The topological polar surface area (TPSA) is 69.6 Å². The summed E-state index contributed by atoms with van der Waals surface area (Å²) in [6.45, 7) is 8.52. The third-order valence-corrected chi connectivity index (χ3v) is 3.07. The van der Waals surface area contributed by atoms with Gasteiger partial charge in [0.05, 0.1) is 12.1 Å². The van der Waals surface area contributed by atoms with Crippen LogP contribution in [0.25, 0.3) is 0 Å². The molecule has 0 heterocycles. The standard InChI is InChI=1S/C15H22N2O3/c1-10(2)17(11(3)4)9-14(18)16-13-7-5-12(6-8-13)15(19)20/h5-8,10-11H,9H2,1-4H3,(H,16,18)(H,19,20). The van der Waals surface area contributed by atoms with E-state index in [2.05, 4.69) is 37.9 Å². The zero-order valence-electron chi connectivity index (χ0n) is 12.4. The smallest absolute Gasteiger partial charge is 0.335 e. The highest BCUT2D eigenvalue weighted by Gasteiger charge is 2.17. The van der Waals surface area contributed by atoms with Gasteiger partial charge in [-0.15, -0.1) is 0 Å². The molecule has 0 aliphatic carbocycles. The summed E-state index contributed by atoms with van der Waals surface area (Å²) in [7, 11) is 0. The second-order valence-electron chi connectivity index (χ2n) is 5.29. The molecular formula is C15H22N2O3. The van der Waals surface area contributed by atoms with Crippen LogP contribution in [0, 0.1) is 0 Å². The molecule has 0 aliphatic rings. The lowest BCUT2D eigenvalue weighted by molar-refractivity contribution is -0.118. The molecule has 0 saturated carbocycles. The third kappa shape index (κ3) is 4.66. The molecule has 5 nitrogen and oxygen atoms in total. The summed E-state index contributed by atoms with van der Waals surface area (Å²) in [6.07, 6.45) is 0. The highest BCUT2D eigenvalue weighted by Crippen LogP contribution is 2.10. The van der Waals surface area contributed by atoms with Gasteiger partial charge in [-0.25, -0.2) is 4.79 Å². The molecule has 0 aliphatic heterocycles. The van der Waals surface area contributed by atoms with E-state index in [4.69, 9.17) is 5.11 Å². The number of carboxylic acid groups (broad SMARTS) is 1. The summed E-state index contributed by atoms with van der Waals surface area (Å²) in [5.41, 5.74) is 0.807. The molecule has 0 radical (unpaired) electrons. The van der Waals surface area contributed by atoms with Crippen molar-refractivity contribution in [2.75, 3.05) is 11.9 Å². The molecule has 0 unspecified atom stereocenters. The zero-order chi connectivity index (χ0) is 15.3. The predicted octanol–water partition coefficient (Wildman–Crippen LogP) is 2.44. The van der Waals surface area contributed by atoms with Gasteiger partial charge < -0.3 is 10.4 Å². The predicted molar refractivity (Wildman–Crippen MR) is 79.0 cm³/mol. The maximum atomic E-state index is 12.0. The van der Waals surface area contributed by atoms with Gasteiger partial charge in [-0.1, -0.05) is 0 Å². The number of rotatable bonds is 6. The summed E-state index contributed by atoms with van der Waals surface area (Å²) in [6, 6.07) is 6.71. The van der Waals surface area contributed by atoms with Crippen molar-refractivity contribution in [3.05, 3.63) is 29.8 Å². The van der Waals surface area contributed by atoms with Crippen LogP contribution in [-0.4, -0.2) is 40.5 Å². The van der Waals surface area contributed by atoms with Crippen LogP contribution in [0.3, 0.4) is 0 Å². The molecule has 5 heteroatoms. The second kappa shape index (κ2) is 7.05. The molecule has 0 aromatic heterocycles. The number of carbonyl (C=O) groups excluding carboxylic acids is 1. The van der Waals surface area contributed by atoms with E-state index in [1.165, 1.54) is 12.1 Å². The number of aromatic carboxylic acids is 1. The number of amides is 1. The average molecular weight is 278 g/mol. The molecule has 1 aromatic rings. The Bertz CT molecular complexity index is 459. The van der Waals surface area contributed by atoms with Gasteiger partial charge in [-0.2, -0.15) is 0 Å². The third-order valence-electron chi connectivity index (χ3n) is 3.07. The highest BCUT2D eigenvalue weighted by molar-refractivity contribution is 5.93. The van der Waals surface area contributed by atoms with Crippen LogP contribution in [0.1, 0.15) is 38.1 Å². The molecule has 110 valence electrons. The lowest BCUT2D eigenvalue weighted by Gasteiger charge is -2.29. The Hall–Kier alpha value is -1.88. The number of nitrogens with zero attached hydrogens (tertiary/aromatic N) is 1. The van der Waals surface area contributed by atoms with Gasteiger partial charge >= 0.3 is 5.97 Å². The molecular weight excluding hydrogens is 256 g/mol. The van der Waals surface area contributed by atoms with Gasteiger partial charge in [0.25, 0.3) is 0 Å². The van der Waals surface area contributed by atoms with Crippen LogP contribution in [0.5, 0.6) is 0 Å². The van der Waals surface area contributed by atoms with E-state index in [1.807, 2.05) is 0 Å². The van der Waals surface area contributed by atoms with E-state index in [0.717, 1.165) is 0 Å². The Balaban J connectivity index is 2.64. The molecule has 2 N–H and O–H groups in total. The van der Waals surface area contributed by atoms with Gasteiger partial charge in [0.2, 0.25) is 5.91 Å². The number of anilines is 1. The van der Waals surface area contributed by atoms with E-state index < -0.39 is 5.97 Å². The van der Waals surface area contributed by atoms with E-state index in [-0.39, 0.29) is 23.6 Å². The quantitative estimate of drug-likeness (QED) is 0.838. The van der Waals surface area contributed by atoms with Crippen molar-refractivity contribution in [3.8, 4) is 0 Å². The van der Waals surface area contributed by atoms with Gasteiger partial charge in [0, 0.05) is 17.8 Å². The SMILES string of the molecule is CC(C)N(CC(=O)Nc1ccc(C(=O)O)cc1)C(C)C. The van der Waals surface area contributed by atoms with Crippen molar-refractivity contribution < 1.29 is 14.7 Å². The highest BCUT2D eigenvalue weighted by atomic mass is 16.4. The van der Waals surface area contributed by atoms with Crippen molar-refractivity contribution >= 4 is 17.6 Å². The van der Waals surface area contributed by atoms with Crippen LogP contribution in [0.4, 0.5) is 5.69 Å². The monoisotopic (exact) mass is 278 g/mol. The Morgan fingerprint density at radius 3 is 2.00 bits per heavy atom. The molecule has 0 bridgehead atoms. The minimum absolute atomic E-state index is 0.101. The molecule has 1 rings (SSSR count). The molecule has 0 atom stereocenters. The van der Waals surface area contributed by atoms with Gasteiger partial charge in [0.15, 0.2) is 0 Å². The molecule has 1 aromatic carbocycles. The number of carbonyl (C=O) groups is 2. The van der Waals surface area contributed by atoms with Crippen molar-refractivity contribution in [2.24, 2.45) is 0 Å². The first kappa shape index (κ1) is 16.2. The lowest BCUT2D eigenvalue weighted by atomic mass is 10.2. The second-order valence-corrected chi connectivity index (χ2v) is 5.29. The van der Waals surface area contributed by atoms with Crippen LogP contribution >= 0.6 is 0 Å². The maximum absolute atomic E-state index is 12.0. The van der Waals surface area contributed by atoms with Crippen molar-refractivity contribution in [3.63, 3.8) is 0 Å². The summed E-state index contributed by atoms with van der Waals surface area (Å²) in [4.78, 5) is 24.8. The van der Waals surface area contributed by atoms with Gasteiger partial charge in [-0.3, -0.25) is 9.69 Å². The Kier molecular flexibility index (Phi) is 5.70. The first-order valence-electron chi connectivity index (χ1n) is 6.70. The van der Waals surface area contributed by atoms with E-state index in [0.29, 0.717) is 12.2 Å². The minimum atomic E-state index is -0.978. The zero-order valence-corrected chi connectivity index (χ0v) is 12.4. The Morgan fingerprint density at radius 1 is 1.10 bits per heavy atom. The average Bonchev–Trinajstić information content (AvgIpc) is 2.35. The maximum Gasteiger partial charge on any atom is 0.335 e. The van der Waals surface area contributed by atoms with Crippen LogP contribution in [-0.2, 0) is 4.79 Å². The summed E-state index contributed by atoms with van der Waals surface area (Å²) < 4.78 is 0. The molecule has 1 amide bonds. The van der Waals surface area contributed by atoms with Crippen molar-refractivity contribution in [2.45, 2.75) is 39.8 Å². The number of benzene rings is 1. The van der Waals surface area contributed by atoms with Gasteiger partial charge in [-0.05, 0) is 52.0 Å². The van der Waals surface area contributed by atoms with Crippen LogP contribution < -0.4 is 5.32 Å². The number of hydrogen-bond donors (Lipinski definition) is 2. The largest absolute Gasteiger partial charge is 0.478 e. The lowest BCUT2D eigenvalue weighted by Crippen LogP contribution is -2.42. The van der Waals surface area contributed by atoms with Crippen LogP contribution in [0.15, 0.2) is 24.3 Å². The number of hydrogen-bond acceptors (Lipinski definition) is 3. The van der Waals surface area contributed by atoms with Crippen molar-refractivity contribution in [1.82, 2.24) is 4.90 Å². The van der Waals surface area contributed by atoms with Crippen molar-refractivity contribution in [1.29, 1.82) is 0 Å². The van der Waals surface area contributed by atoms with E-state index in [1.54, 1.807) is 12.1 Å². The minimum Gasteiger partial charge on any atom is -0.478 e. The van der Waals surface area contributed by atoms with Crippen LogP contribution in [0.2, 0.25) is 0 Å². The summed E-state index contributed by atoms with van der Waals surface area (Å²) in [5.74, 6) is -1.08. The fourth-order valence-corrected chi connectivity index (χ4v) is 2.02. The van der Waals surface area contributed by atoms with Gasteiger partial charge in [0.1, 0.15) is 0 Å². The number of carboxylic acids is 1. The Morgan fingerprint density at radius 2 is 1.60 bits per heavy atom. The molecule has 0 fully saturated rings. The molecule has 0 saturated heterocycles. The fourth-order valence-electron chi connectivity index (χ4n) is 2.02. The summed E-state index contributed by atoms with van der Waals surface area (Å²) >= 11 is 0. The Labute approximate surface area is 119 Å². The first-order valence-corrected chi connectivity index (χ1v) is 6.70. The summed E-state index contributed by atoms with van der Waals surface area (Å²) in [5, 5.41) is 11.6.